The SMILES string of the molecule is COc1cc(C(=O)NC2CCCC2NCCc2ccc(Cl)cc2)cc(OC)c1OC. The Labute approximate surface area is 182 Å². The summed E-state index contributed by atoms with van der Waals surface area (Å²) in [6.45, 7) is 0.850. The first kappa shape index (κ1) is 22.2. The van der Waals surface area contributed by atoms with E-state index >= 15 is 0 Å². The monoisotopic (exact) mass is 432 g/mol. The van der Waals surface area contributed by atoms with Crippen LogP contribution in [0.15, 0.2) is 36.4 Å². The summed E-state index contributed by atoms with van der Waals surface area (Å²) in [7, 11) is 4.62. The molecule has 0 radical (unpaired) electrons. The number of carbonyl (C=O) groups is 1. The van der Waals surface area contributed by atoms with Crippen LogP contribution in [-0.4, -0.2) is 45.9 Å². The van der Waals surface area contributed by atoms with Crippen molar-refractivity contribution in [2.45, 2.75) is 37.8 Å². The lowest BCUT2D eigenvalue weighted by atomic mass is 10.1. The molecule has 7 heteroatoms. The number of hydrogen-bond acceptors (Lipinski definition) is 5. The number of benzene rings is 2. The van der Waals surface area contributed by atoms with E-state index in [9.17, 15) is 4.79 Å². The lowest BCUT2D eigenvalue weighted by molar-refractivity contribution is 0.0931. The first-order valence-electron chi connectivity index (χ1n) is 10.1. The Morgan fingerprint density at radius 2 is 1.63 bits per heavy atom. The van der Waals surface area contributed by atoms with E-state index in [1.807, 2.05) is 24.3 Å². The zero-order valence-corrected chi connectivity index (χ0v) is 18.4. The molecule has 0 spiro atoms. The van der Waals surface area contributed by atoms with Gasteiger partial charge < -0.3 is 24.8 Å². The van der Waals surface area contributed by atoms with Crippen molar-refractivity contribution in [3.05, 3.63) is 52.5 Å². The number of hydrogen-bond donors (Lipinski definition) is 2. The molecule has 0 aromatic heterocycles. The average molecular weight is 433 g/mol. The largest absolute Gasteiger partial charge is 0.493 e. The van der Waals surface area contributed by atoms with Gasteiger partial charge in [0.25, 0.3) is 5.91 Å². The quantitative estimate of drug-likeness (QED) is 0.630. The summed E-state index contributed by atoms with van der Waals surface area (Å²) < 4.78 is 16.0. The molecule has 1 fully saturated rings. The Kier molecular flexibility index (Phi) is 7.82. The third-order valence-electron chi connectivity index (χ3n) is 5.49. The van der Waals surface area contributed by atoms with Crippen molar-refractivity contribution < 1.29 is 19.0 Å². The van der Waals surface area contributed by atoms with Gasteiger partial charge in [-0.15, -0.1) is 0 Å². The molecule has 6 nitrogen and oxygen atoms in total. The molecule has 2 atom stereocenters. The molecule has 2 unspecified atom stereocenters. The van der Waals surface area contributed by atoms with Crippen molar-refractivity contribution in [2.75, 3.05) is 27.9 Å². The van der Waals surface area contributed by atoms with Crippen LogP contribution < -0.4 is 24.8 Å². The zero-order chi connectivity index (χ0) is 21.5. The molecule has 1 saturated carbocycles. The van der Waals surface area contributed by atoms with Crippen molar-refractivity contribution in [3.8, 4) is 17.2 Å². The minimum Gasteiger partial charge on any atom is -0.493 e. The van der Waals surface area contributed by atoms with E-state index in [-0.39, 0.29) is 18.0 Å². The number of ether oxygens (including phenoxy) is 3. The number of carbonyl (C=O) groups excluding carboxylic acids is 1. The zero-order valence-electron chi connectivity index (χ0n) is 17.7. The summed E-state index contributed by atoms with van der Waals surface area (Å²) in [4.78, 5) is 12.9. The number of methoxy groups -OCH3 is 3. The van der Waals surface area contributed by atoms with Crippen LogP contribution in [0.5, 0.6) is 17.2 Å². The van der Waals surface area contributed by atoms with Gasteiger partial charge in [0.2, 0.25) is 5.75 Å². The van der Waals surface area contributed by atoms with Gasteiger partial charge in [0, 0.05) is 22.7 Å². The molecule has 0 aliphatic heterocycles. The molecule has 0 saturated heterocycles. The fourth-order valence-corrected chi connectivity index (χ4v) is 4.02. The fourth-order valence-electron chi connectivity index (χ4n) is 3.89. The highest BCUT2D eigenvalue weighted by molar-refractivity contribution is 6.30. The maximum Gasteiger partial charge on any atom is 0.251 e. The molecule has 0 bridgehead atoms. The first-order chi connectivity index (χ1) is 14.5. The van der Waals surface area contributed by atoms with Crippen LogP contribution in [-0.2, 0) is 6.42 Å². The number of rotatable bonds is 9. The lowest BCUT2D eigenvalue weighted by Gasteiger charge is -2.23. The van der Waals surface area contributed by atoms with E-state index in [2.05, 4.69) is 10.6 Å². The summed E-state index contributed by atoms with van der Waals surface area (Å²) in [6.07, 6.45) is 4.00. The molecule has 162 valence electrons. The number of nitrogens with one attached hydrogen (secondary N) is 2. The number of halogens is 1. The van der Waals surface area contributed by atoms with Crippen LogP contribution in [0.1, 0.15) is 35.2 Å². The second-order valence-corrected chi connectivity index (χ2v) is 7.80. The predicted octanol–water partition coefficient (Wildman–Crippen LogP) is 3.85. The molecule has 0 heterocycles. The van der Waals surface area contributed by atoms with Crippen molar-refractivity contribution in [3.63, 3.8) is 0 Å². The third-order valence-corrected chi connectivity index (χ3v) is 5.74. The Bertz CT molecular complexity index is 832. The van der Waals surface area contributed by atoms with Crippen molar-refractivity contribution in [2.24, 2.45) is 0 Å². The van der Waals surface area contributed by atoms with Crippen LogP contribution in [0.2, 0.25) is 5.02 Å². The molecule has 1 aliphatic carbocycles. The van der Waals surface area contributed by atoms with E-state index in [1.54, 1.807) is 19.2 Å². The standard InChI is InChI=1S/C23H29ClN2O4/c1-28-20-13-16(14-21(29-2)22(20)30-3)23(27)26-19-6-4-5-18(19)25-12-11-15-7-9-17(24)10-8-15/h7-10,13-14,18-19,25H,4-6,11-12H2,1-3H3,(H,26,27). The van der Waals surface area contributed by atoms with E-state index in [4.69, 9.17) is 25.8 Å². The summed E-state index contributed by atoms with van der Waals surface area (Å²) in [5, 5.41) is 7.52. The van der Waals surface area contributed by atoms with Gasteiger partial charge in [0.15, 0.2) is 11.5 Å². The average Bonchev–Trinajstić information content (AvgIpc) is 3.20. The molecule has 2 aromatic rings. The second kappa shape index (κ2) is 10.5. The van der Waals surface area contributed by atoms with Gasteiger partial charge in [-0.3, -0.25) is 4.79 Å². The maximum atomic E-state index is 12.9. The first-order valence-corrected chi connectivity index (χ1v) is 10.5. The normalized spacial score (nSPS) is 18.1. The van der Waals surface area contributed by atoms with Gasteiger partial charge in [0.1, 0.15) is 0 Å². The maximum absolute atomic E-state index is 12.9. The molecule has 1 amide bonds. The van der Waals surface area contributed by atoms with Gasteiger partial charge in [-0.2, -0.15) is 0 Å². The van der Waals surface area contributed by atoms with E-state index in [1.165, 1.54) is 19.8 Å². The Balaban J connectivity index is 1.60. The van der Waals surface area contributed by atoms with Gasteiger partial charge in [-0.25, -0.2) is 0 Å². The summed E-state index contributed by atoms with van der Waals surface area (Å²) in [6, 6.07) is 11.6. The fraction of sp³-hybridized carbons (Fsp3) is 0.435. The van der Waals surface area contributed by atoms with Crippen LogP contribution in [0.4, 0.5) is 0 Å². The Hall–Kier alpha value is -2.44. The predicted molar refractivity (Wildman–Crippen MR) is 118 cm³/mol. The molecular weight excluding hydrogens is 404 g/mol. The Morgan fingerprint density at radius 1 is 1.00 bits per heavy atom. The van der Waals surface area contributed by atoms with E-state index in [0.29, 0.717) is 22.8 Å². The van der Waals surface area contributed by atoms with Gasteiger partial charge in [-0.1, -0.05) is 23.7 Å². The highest BCUT2D eigenvalue weighted by Gasteiger charge is 2.29. The van der Waals surface area contributed by atoms with Crippen LogP contribution in [0.25, 0.3) is 0 Å². The minimum absolute atomic E-state index is 0.0850. The smallest absolute Gasteiger partial charge is 0.251 e. The molecule has 2 aromatic carbocycles. The summed E-state index contributed by atoms with van der Waals surface area (Å²) >= 11 is 5.94. The summed E-state index contributed by atoms with van der Waals surface area (Å²) in [5.74, 6) is 1.25. The number of amides is 1. The van der Waals surface area contributed by atoms with Crippen molar-refractivity contribution in [1.82, 2.24) is 10.6 Å². The molecule has 30 heavy (non-hydrogen) atoms. The Morgan fingerprint density at radius 3 is 2.23 bits per heavy atom. The van der Waals surface area contributed by atoms with Crippen LogP contribution in [0.3, 0.4) is 0 Å². The highest BCUT2D eigenvalue weighted by atomic mass is 35.5. The van der Waals surface area contributed by atoms with Crippen LogP contribution in [0, 0.1) is 0 Å². The molecule has 1 aliphatic rings. The summed E-state index contributed by atoms with van der Waals surface area (Å²) in [5.41, 5.74) is 1.72. The molecule has 3 rings (SSSR count). The topological polar surface area (TPSA) is 68.8 Å². The van der Waals surface area contributed by atoms with Crippen molar-refractivity contribution >= 4 is 17.5 Å². The highest BCUT2D eigenvalue weighted by Crippen LogP contribution is 2.38. The minimum atomic E-state index is -0.148. The molecular formula is C23H29ClN2O4. The van der Waals surface area contributed by atoms with E-state index < -0.39 is 0 Å². The van der Waals surface area contributed by atoms with Gasteiger partial charge in [-0.05, 0) is 62.1 Å². The van der Waals surface area contributed by atoms with Gasteiger partial charge >= 0.3 is 0 Å². The third kappa shape index (κ3) is 5.37. The second-order valence-electron chi connectivity index (χ2n) is 7.36. The van der Waals surface area contributed by atoms with Crippen LogP contribution >= 0.6 is 11.6 Å². The van der Waals surface area contributed by atoms with Gasteiger partial charge in [0.05, 0.1) is 21.3 Å². The molecule has 2 N–H and O–H groups in total. The van der Waals surface area contributed by atoms with Crippen molar-refractivity contribution in [1.29, 1.82) is 0 Å². The lowest BCUT2D eigenvalue weighted by Crippen LogP contribution is -2.47. The van der Waals surface area contributed by atoms with E-state index in [0.717, 1.165) is 37.3 Å².